The third-order valence-electron chi connectivity index (χ3n) is 4.08. The molecule has 1 unspecified atom stereocenters. The zero-order valence-corrected chi connectivity index (χ0v) is 11.7. The first kappa shape index (κ1) is 14.3. The van der Waals surface area contributed by atoms with E-state index in [1.165, 1.54) is 51.4 Å². The topological polar surface area (TPSA) is 30.5 Å². The molecule has 2 rings (SSSR count). The van der Waals surface area contributed by atoms with Crippen molar-refractivity contribution in [2.75, 3.05) is 26.4 Å². The van der Waals surface area contributed by atoms with Crippen molar-refractivity contribution in [3.05, 3.63) is 0 Å². The summed E-state index contributed by atoms with van der Waals surface area (Å²) in [5.74, 6) is 0. The summed E-state index contributed by atoms with van der Waals surface area (Å²) in [4.78, 5) is 0. The van der Waals surface area contributed by atoms with E-state index < -0.39 is 0 Å². The smallest absolute Gasteiger partial charge is 0.0808 e. The van der Waals surface area contributed by atoms with Crippen molar-refractivity contribution in [2.45, 2.75) is 69.9 Å². The van der Waals surface area contributed by atoms with Crippen molar-refractivity contribution in [1.82, 2.24) is 5.32 Å². The van der Waals surface area contributed by atoms with Crippen LogP contribution >= 0.6 is 0 Å². The molecule has 2 aliphatic rings. The third-order valence-corrected chi connectivity index (χ3v) is 4.08. The van der Waals surface area contributed by atoms with E-state index in [0.29, 0.717) is 6.10 Å². The summed E-state index contributed by atoms with van der Waals surface area (Å²) in [6.07, 6.45) is 12.2. The Morgan fingerprint density at radius 1 is 1.00 bits per heavy atom. The summed E-state index contributed by atoms with van der Waals surface area (Å²) in [7, 11) is 0. The maximum Gasteiger partial charge on any atom is 0.0808 e. The second-order valence-electron chi connectivity index (χ2n) is 5.71. The van der Waals surface area contributed by atoms with E-state index in [9.17, 15) is 0 Å². The second-order valence-corrected chi connectivity index (χ2v) is 5.71. The summed E-state index contributed by atoms with van der Waals surface area (Å²) in [5.41, 5.74) is 0. The predicted octanol–water partition coefficient (Wildman–Crippen LogP) is 2.88. The molecule has 0 bridgehead atoms. The van der Waals surface area contributed by atoms with Gasteiger partial charge in [-0.25, -0.2) is 0 Å². The van der Waals surface area contributed by atoms with Crippen molar-refractivity contribution in [3.63, 3.8) is 0 Å². The van der Waals surface area contributed by atoms with Gasteiger partial charge in [0, 0.05) is 19.3 Å². The van der Waals surface area contributed by atoms with E-state index in [2.05, 4.69) is 5.32 Å². The maximum absolute atomic E-state index is 5.70. The molecule has 0 aromatic rings. The van der Waals surface area contributed by atoms with Crippen molar-refractivity contribution >= 4 is 0 Å². The van der Waals surface area contributed by atoms with Gasteiger partial charge in [0.1, 0.15) is 0 Å². The Balaban J connectivity index is 1.39. The lowest BCUT2D eigenvalue weighted by Crippen LogP contribution is -2.32. The van der Waals surface area contributed by atoms with Crippen LogP contribution in [0.4, 0.5) is 0 Å². The molecule has 2 fully saturated rings. The van der Waals surface area contributed by atoms with Crippen LogP contribution in [0.1, 0.15) is 57.8 Å². The monoisotopic (exact) mass is 255 g/mol. The lowest BCUT2D eigenvalue weighted by atomic mass is 9.95. The Morgan fingerprint density at radius 3 is 2.61 bits per heavy atom. The normalized spacial score (nSPS) is 26.3. The molecule has 3 heteroatoms. The van der Waals surface area contributed by atoms with Crippen LogP contribution in [-0.4, -0.2) is 38.5 Å². The van der Waals surface area contributed by atoms with Gasteiger partial charge in [-0.1, -0.05) is 19.3 Å². The van der Waals surface area contributed by atoms with Gasteiger partial charge < -0.3 is 14.8 Å². The molecule has 0 aromatic carbocycles. The molecule has 106 valence electrons. The Kier molecular flexibility index (Phi) is 7.06. The molecule has 1 saturated carbocycles. The number of rotatable bonds is 7. The Morgan fingerprint density at radius 2 is 1.83 bits per heavy atom. The van der Waals surface area contributed by atoms with Crippen molar-refractivity contribution < 1.29 is 9.47 Å². The molecule has 1 saturated heterocycles. The van der Waals surface area contributed by atoms with Gasteiger partial charge in [-0.05, 0) is 45.1 Å². The highest BCUT2D eigenvalue weighted by atomic mass is 16.5. The van der Waals surface area contributed by atoms with Crippen LogP contribution in [0.25, 0.3) is 0 Å². The quantitative estimate of drug-likeness (QED) is 0.710. The first-order chi connectivity index (χ1) is 8.95. The number of ether oxygens (including phenoxy) is 2. The van der Waals surface area contributed by atoms with Crippen LogP contribution in [0.2, 0.25) is 0 Å². The molecule has 0 spiro atoms. The number of hydrogen-bond donors (Lipinski definition) is 1. The van der Waals surface area contributed by atoms with Crippen LogP contribution in [0.3, 0.4) is 0 Å². The summed E-state index contributed by atoms with van der Waals surface area (Å²) >= 11 is 0. The van der Waals surface area contributed by atoms with Gasteiger partial charge in [0.25, 0.3) is 0 Å². The molecule has 0 aromatic heterocycles. The Hall–Kier alpha value is -0.120. The average Bonchev–Trinajstić information content (AvgIpc) is 2.45. The van der Waals surface area contributed by atoms with E-state index in [4.69, 9.17) is 9.47 Å². The zero-order chi connectivity index (χ0) is 12.5. The molecule has 1 heterocycles. The molecule has 0 radical (unpaired) electrons. The van der Waals surface area contributed by atoms with E-state index in [-0.39, 0.29) is 0 Å². The maximum atomic E-state index is 5.70. The summed E-state index contributed by atoms with van der Waals surface area (Å²) in [6.45, 7) is 3.70. The Bertz CT molecular complexity index is 177. The predicted molar refractivity (Wildman–Crippen MR) is 73.9 cm³/mol. The highest BCUT2D eigenvalue weighted by molar-refractivity contribution is 4.71. The highest BCUT2D eigenvalue weighted by Gasteiger charge is 2.14. The fourth-order valence-electron chi connectivity index (χ4n) is 2.94. The van der Waals surface area contributed by atoms with Crippen LogP contribution in [0.5, 0.6) is 0 Å². The van der Waals surface area contributed by atoms with Crippen LogP contribution < -0.4 is 5.32 Å². The third kappa shape index (κ3) is 5.68. The minimum atomic E-state index is 0.366. The summed E-state index contributed by atoms with van der Waals surface area (Å²) in [6, 6.07) is 0.778. The second kappa shape index (κ2) is 8.89. The molecule has 3 nitrogen and oxygen atoms in total. The standard InChI is InChI=1S/C15H29NO2/c1-2-7-14(8-3-1)16-10-6-11-17-13-15-9-4-5-12-18-15/h14-16H,1-13H2. The van der Waals surface area contributed by atoms with Gasteiger partial charge in [-0.2, -0.15) is 0 Å². The van der Waals surface area contributed by atoms with E-state index >= 15 is 0 Å². The molecule has 1 aliphatic heterocycles. The number of nitrogens with one attached hydrogen (secondary N) is 1. The first-order valence-corrected chi connectivity index (χ1v) is 7.88. The van der Waals surface area contributed by atoms with Crippen molar-refractivity contribution in [1.29, 1.82) is 0 Å². The fourth-order valence-corrected chi connectivity index (χ4v) is 2.94. The molecule has 1 N–H and O–H groups in total. The van der Waals surface area contributed by atoms with E-state index in [0.717, 1.165) is 38.8 Å². The van der Waals surface area contributed by atoms with Gasteiger partial charge in [-0.3, -0.25) is 0 Å². The van der Waals surface area contributed by atoms with Crippen LogP contribution in [0.15, 0.2) is 0 Å². The summed E-state index contributed by atoms with van der Waals surface area (Å²) in [5, 5.41) is 3.65. The minimum Gasteiger partial charge on any atom is -0.379 e. The van der Waals surface area contributed by atoms with Gasteiger partial charge >= 0.3 is 0 Å². The van der Waals surface area contributed by atoms with Crippen LogP contribution in [-0.2, 0) is 9.47 Å². The minimum absolute atomic E-state index is 0.366. The van der Waals surface area contributed by atoms with Crippen molar-refractivity contribution in [3.8, 4) is 0 Å². The first-order valence-electron chi connectivity index (χ1n) is 7.88. The lowest BCUT2D eigenvalue weighted by Gasteiger charge is -2.23. The van der Waals surface area contributed by atoms with Crippen molar-refractivity contribution in [2.24, 2.45) is 0 Å². The van der Waals surface area contributed by atoms with E-state index in [1.54, 1.807) is 0 Å². The van der Waals surface area contributed by atoms with E-state index in [1.807, 2.05) is 0 Å². The van der Waals surface area contributed by atoms with Gasteiger partial charge in [0.15, 0.2) is 0 Å². The lowest BCUT2D eigenvalue weighted by molar-refractivity contribution is -0.0409. The molecule has 18 heavy (non-hydrogen) atoms. The Labute approximate surface area is 112 Å². The molecule has 1 atom stereocenters. The van der Waals surface area contributed by atoms with Gasteiger partial charge in [0.2, 0.25) is 0 Å². The molecular formula is C15H29NO2. The summed E-state index contributed by atoms with van der Waals surface area (Å²) < 4.78 is 11.3. The van der Waals surface area contributed by atoms with Crippen LogP contribution in [0, 0.1) is 0 Å². The fraction of sp³-hybridized carbons (Fsp3) is 1.00. The van der Waals surface area contributed by atoms with Gasteiger partial charge in [0.05, 0.1) is 12.7 Å². The zero-order valence-electron chi connectivity index (χ0n) is 11.7. The average molecular weight is 255 g/mol. The SMILES string of the molecule is C1CCC(NCCCOCC2CCCCO2)CC1. The molecule has 1 aliphatic carbocycles. The van der Waals surface area contributed by atoms with Gasteiger partial charge in [-0.15, -0.1) is 0 Å². The largest absolute Gasteiger partial charge is 0.379 e. The highest BCUT2D eigenvalue weighted by Crippen LogP contribution is 2.17. The molecular weight excluding hydrogens is 226 g/mol. The number of hydrogen-bond acceptors (Lipinski definition) is 3. The molecule has 0 amide bonds.